The maximum absolute atomic E-state index is 5.08. The number of rotatable bonds is 7. The first-order valence-electron chi connectivity index (χ1n) is 6.19. The van der Waals surface area contributed by atoms with Gasteiger partial charge in [-0.25, -0.2) is 0 Å². The summed E-state index contributed by atoms with van der Waals surface area (Å²) in [6.45, 7) is 9.24. The second-order valence-corrected chi connectivity index (χ2v) is 4.40. The lowest BCUT2D eigenvalue weighted by atomic mass is 9.95. The molecule has 0 aliphatic heterocycles. The van der Waals surface area contributed by atoms with Crippen molar-refractivity contribution in [2.24, 2.45) is 5.92 Å². The summed E-state index contributed by atoms with van der Waals surface area (Å²) >= 11 is 0. The van der Waals surface area contributed by atoms with Crippen LogP contribution in [0.3, 0.4) is 0 Å². The maximum atomic E-state index is 5.08. The monoisotopic (exact) mass is 225 g/mol. The van der Waals surface area contributed by atoms with Gasteiger partial charge in [-0.05, 0) is 25.7 Å². The van der Waals surface area contributed by atoms with Crippen LogP contribution in [-0.2, 0) is 6.54 Å². The van der Waals surface area contributed by atoms with Crippen LogP contribution in [0.25, 0.3) is 0 Å². The summed E-state index contributed by atoms with van der Waals surface area (Å²) in [7, 11) is 0. The van der Waals surface area contributed by atoms with Gasteiger partial charge in [-0.3, -0.25) is 0 Å². The fraction of sp³-hybridized carbons (Fsp3) is 0.833. The number of aromatic nitrogens is 2. The van der Waals surface area contributed by atoms with Crippen molar-refractivity contribution in [1.82, 2.24) is 15.5 Å². The number of aryl methyl sites for hydroxylation is 1. The van der Waals surface area contributed by atoms with E-state index in [0.717, 1.165) is 6.42 Å². The summed E-state index contributed by atoms with van der Waals surface area (Å²) in [4.78, 5) is 4.18. The third-order valence-corrected chi connectivity index (χ3v) is 2.96. The van der Waals surface area contributed by atoms with Crippen LogP contribution in [0, 0.1) is 12.8 Å². The Hall–Kier alpha value is -0.900. The first kappa shape index (κ1) is 13.2. The molecule has 1 heterocycles. The minimum absolute atomic E-state index is 0.534. The Bertz CT molecular complexity index is 298. The van der Waals surface area contributed by atoms with Gasteiger partial charge in [-0.2, -0.15) is 4.98 Å². The van der Waals surface area contributed by atoms with E-state index in [2.05, 4.69) is 36.2 Å². The SMILES string of the molecule is CCCC(C)C(CC)NCc1nc(C)no1. The normalized spacial score (nSPS) is 15.0. The summed E-state index contributed by atoms with van der Waals surface area (Å²) in [6.07, 6.45) is 3.63. The minimum Gasteiger partial charge on any atom is -0.338 e. The molecule has 2 unspecified atom stereocenters. The number of hydrogen-bond donors (Lipinski definition) is 1. The van der Waals surface area contributed by atoms with E-state index in [1.165, 1.54) is 12.8 Å². The zero-order valence-electron chi connectivity index (χ0n) is 10.8. The van der Waals surface area contributed by atoms with Crippen LogP contribution in [0.5, 0.6) is 0 Å². The topological polar surface area (TPSA) is 51.0 Å². The lowest BCUT2D eigenvalue weighted by molar-refractivity contribution is 0.310. The molecule has 0 saturated carbocycles. The highest BCUT2D eigenvalue weighted by molar-refractivity contribution is 4.83. The smallest absolute Gasteiger partial charge is 0.240 e. The van der Waals surface area contributed by atoms with Gasteiger partial charge in [0.2, 0.25) is 5.89 Å². The molecule has 1 rings (SSSR count). The molecular formula is C12H23N3O. The molecule has 0 saturated heterocycles. The fourth-order valence-corrected chi connectivity index (χ4v) is 2.03. The molecule has 92 valence electrons. The highest BCUT2D eigenvalue weighted by Crippen LogP contribution is 2.13. The lowest BCUT2D eigenvalue weighted by Crippen LogP contribution is -2.34. The predicted molar refractivity (Wildman–Crippen MR) is 64.0 cm³/mol. The Morgan fingerprint density at radius 3 is 2.62 bits per heavy atom. The second kappa shape index (κ2) is 6.63. The van der Waals surface area contributed by atoms with Gasteiger partial charge in [-0.1, -0.05) is 32.3 Å². The van der Waals surface area contributed by atoms with Crippen LogP contribution >= 0.6 is 0 Å². The van der Waals surface area contributed by atoms with Crippen LogP contribution in [0.15, 0.2) is 4.52 Å². The van der Waals surface area contributed by atoms with Gasteiger partial charge in [0.1, 0.15) is 0 Å². The van der Waals surface area contributed by atoms with E-state index in [0.29, 0.717) is 30.2 Å². The standard InChI is InChI=1S/C12H23N3O/c1-5-7-9(3)11(6-2)13-8-12-14-10(4)15-16-12/h9,11,13H,5-8H2,1-4H3. The summed E-state index contributed by atoms with van der Waals surface area (Å²) in [5, 5.41) is 7.26. The van der Waals surface area contributed by atoms with Gasteiger partial charge in [0.25, 0.3) is 0 Å². The molecular weight excluding hydrogens is 202 g/mol. The molecule has 1 aromatic heterocycles. The minimum atomic E-state index is 0.534. The van der Waals surface area contributed by atoms with Crippen molar-refractivity contribution in [2.75, 3.05) is 0 Å². The van der Waals surface area contributed by atoms with Crippen molar-refractivity contribution >= 4 is 0 Å². The molecule has 0 radical (unpaired) electrons. The van der Waals surface area contributed by atoms with E-state index >= 15 is 0 Å². The third kappa shape index (κ3) is 3.93. The van der Waals surface area contributed by atoms with Crippen molar-refractivity contribution in [3.63, 3.8) is 0 Å². The van der Waals surface area contributed by atoms with Gasteiger partial charge in [-0.15, -0.1) is 0 Å². The van der Waals surface area contributed by atoms with Crippen LogP contribution in [-0.4, -0.2) is 16.2 Å². The highest BCUT2D eigenvalue weighted by Gasteiger charge is 2.15. The first-order chi connectivity index (χ1) is 7.67. The number of nitrogens with one attached hydrogen (secondary N) is 1. The van der Waals surface area contributed by atoms with Gasteiger partial charge >= 0.3 is 0 Å². The second-order valence-electron chi connectivity index (χ2n) is 4.40. The van der Waals surface area contributed by atoms with Crippen molar-refractivity contribution in [1.29, 1.82) is 0 Å². The van der Waals surface area contributed by atoms with E-state index in [4.69, 9.17) is 4.52 Å². The lowest BCUT2D eigenvalue weighted by Gasteiger charge is -2.22. The molecule has 2 atom stereocenters. The summed E-state index contributed by atoms with van der Waals surface area (Å²) in [6, 6.07) is 0.534. The molecule has 1 N–H and O–H groups in total. The fourth-order valence-electron chi connectivity index (χ4n) is 2.03. The van der Waals surface area contributed by atoms with E-state index < -0.39 is 0 Å². The Balaban J connectivity index is 2.39. The van der Waals surface area contributed by atoms with Crippen LogP contribution in [0.2, 0.25) is 0 Å². The molecule has 0 amide bonds. The first-order valence-corrected chi connectivity index (χ1v) is 6.19. The Morgan fingerprint density at radius 2 is 2.12 bits per heavy atom. The van der Waals surface area contributed by atoms with Crippen LogP contribution in [0.4, 0.5) is 0 Å². The van der Waals surface area contributed by atoms with E-state index in [1.807, 2.05) is 6.92 Å². The molecule has 1 aromatic rings. The Morgan fingerprint density at radius 1 is 1.38 bits per heavy atom. The number of nitrogens with zero attached hydrogens (tertiary/aromatic N) is 2. The average Bonchev–Trinajstić information content (AvgIpc) is 2.65. The number of hydrogen-bond acceptors (Lipinski definition) is 4. The molecule has 0 spiro atoms. The van der Waals surface area contributed by atoms with Gasteiger partial charge in [0.15, 0.2) is 5.82 Å². The largest absolute Gasteiger partial charge is 0.338 e. The summed E-state index contributed by atoms with van der Waals surface area (Å²) < 4.78 is 5.08. The molecule has 4 heteroatoms. The third-order valence-electron chi connectivity index (χ3n) is 2.96. The maximum Gasteiger partial charge on any atom is 0.240 e. The van der Waals surface area contributed by atoms with Crippen LogP contribution in [0.1, 0.15) is 51.7 Å². The van der Waals surface area contributed by atoms with Gasteiger partial charge < -0.3 is 9.84 Å². The Labute approximate surface area is 97.8 Å². The summed E-state index contributed by atoms with van der Waals surface area (Å²) in [5.74, 6) is 2.07. The van der Waals surface area contributed by atoms with Crippen molar-refractivity contribution < 1.29 is 4.52 Å². The van der Waals surface area contributed by atoms with Crippen molar-refractivity contribution in [3.8, 4) is 0 Å². The van der Waals surface area contributed by atoms with Crippen molar-refractivity contribution in [3.05, 3.63) is 11.7 Å². The molecule has 0 aromatic carbocycles. The molecule has 0 aliphatic rings. The zero-order chi connectivity index (χ0) is 12.0. The van der Waals surface area contributed by atoms with Gasteiger partial charge in [0.05, 0.1) is 6.54 Å². The van der Waals surface area contributed by atoms with Crippen molar-refractivity contribution in [2.45, 2.75) is 59.5 Å². The van der Waals surface area contributed by atoms with E-state index in [9.17, 15) is 0 Å². The molecule has 16 heavy (non-hydrogen) atoms. The average molecular weight is 225 g/mol. The summed E-state index contributed by atoms with van der Waals surface area (Å²) in [5.41, 5.74) is 0. The predicted octanol–water partition coefficient (Wildman–Crippen LogP) is 2.68. The molecule has 0 aliphatic carbocycles. The zero-order valence-corrected chi connectivity index (χ0v) is 10.8. The van der Waals surface area contributed by atoms with E-state index in [-0.39, 0.29) is 0 Å². The molecule has 0 fully saturated rings. The quantitative estimate of drug-likeness (QED) is 0.775. The highest BCUT2D eigenvalue weighted by atomic mass is 16.5. The Kier molecular flexibility index (Phi) is 5.46. The van der Waals surface area contributed by atoms with E-state index in [1.54, 1.807) is 0 Å². The van der Waals surface area contributed by atoms with Gasteiger partial charge in [0, 0.05) is 6.04 Å². The molecule has 0 bridgehead atoms. The molecule has 4 nitrogen and oxygen atoms in total. The van der Waals surface area contributed by atoms with Crippen LogP contribution < -0.4 is 5.32 Å².